The number of furan rings is 1. The molecule has 0 unspecified atom stereocenters. The fraction of sp³-hybridized carbons (Fsp3) is 0. The highest BCUT2D eigenvalue weighted by Crippen LogP contribution is 2.20. The Kier molecular flexibility index (Phi) is 2.07. The smallest absolute Gasteiger partial charge is 0.328 e. The average molecular weight is 188 g/mol. The zero-order valence-corrected chi connectivity index (χ0v) is 7.31. The van der Waals surface area contributed by atoms with Gasteiger partial charge in [0, 0.05) is 17.0 Å². The third-order valence-electron chi connectivity index (χ3n) is 1.91. The Morgan fingerprint density at radius 2 is 2.21 bits per heavy atom. The van der Waals surface area contributed by atoms with E-state index in [1.54, 1.807) is 6.26 Å². The molecule has 0 fully saturated rings. The van der Waals surface area contributed by atoms with E-state index < -0.39 is 5.97 Å². The van der Waals surface area contributed by atoms with Crippen LogP contribution in [-0.2, 0) is 4.79 Å². The molecular weight excluding hydrogens is 180 g/mol. The molecule has 0 aliphatic rings. The van der Waals surface area contributed by atoms with Gasteiger partial charge in [-0.1, -0.05) is 18.2 Å². The molecule has 0 aliphatic carbocycles. The molecule has 0 aliphatic heterocycles. The Balaban J connectivity index is 2.51. The first-order valence-electron chi connectivity index (χ1n) is 4.14. The summed E-state index contributed by atoms with van der Waals surface area (Å²) in [6.07, 6.45) is 4.20. The second kappa shape index (κ2) is 3.38. The number of carboxylic acid groups (broad SMARTS) is 1. The zero-order chi connectivity index (χ0) is 9.97. The van der Waals surface area contributed by atoms with Crippen molar-refractivity contribution in [2.75, 3.05) is 0 Å². The number of fused-ring (bicyclic) bond motifs is 1. The maximum absolute atomic E-state index is 10.3. The van der Waals surface area contributed by atoms with Crippen molar-refractivity contribution in [2.45, 2.75) is 0 Å². The van der Waals surface area contributed by atoms with Crippen LogP contribution in [-0.4, -0.2) is 11.1 Å². The summed E-state index contributed by atoms with van der Waals surface area (Å²) in [7, 11) is 0. The lowest BCUT2D eigenvalue weighted by Gasteiger charge is -1.93. The van der Waals surface area contributed by atoms with Crippen molar-refractivity contribution in [2.24, 2.45) is 0 Å². The van der Waals surface area contributed by atoms with E-state index in [0.29, 0.717) is 5.58 Å². The first-order chi connectivity index (χ1) is 6.77. The quantitative estimate of drug-likeness (QED) is 0.736. The fourth-order valence-electron chi connectivity index (χ4n) is 1.31. The molecule has 0 atom stereocenters. The molecule has 1 aromatic heterocycles. The summed E-state index contributed by atoms with van der Waals surface area (Å²) in [5.41, 5.74) is 1.49. The van der Waals surface area contributed by atoms with Crippen LogP contribution in [0, 0.1) is 0 Å². The molecule has 0 bridgehead atoms. The molecule has 70 valence electrons. The third kappa shape index (κ3) is 1.52. The lowest BCUT2D eigenvalue weighted by molar-refractivity contribution is -0.131. The lowest BCUT2D eigenvalue weighted by atomic mass is 10.1. The van der Waals surface area contributed by atoms with E-state index in [2.05, 4.69) is 0 Å². The Labute approximate surface area is 80.3 Å². The van der Waals surface area contributed by atoms with Gasteiger partial charge >= 0.3 is 5.97 Å². The van der Waals surface area contributed by atoms with Crippen molar-refractivity contribution in [3.63, 3.8) is 0 Å². The minimum atomic E-state index is -0.964. The molecule has 2 aromatic rings. The van der Waals surface area contributed by atoms with Crippen LogP contribution in [0.2, 0.25) is 0 Å². The average Bonchev–Trinajstić information content (AvgIpc) is 2.62. The highest BCUT2D eigenvalue weighted by atomic mass is 16.4. The fourth-order valence-corrected chi connectivity index (χ4v) is 1.31. The molecule has 3 heteroatoms. The minimum absolute atomic E-state index is 0.713. The third-order valence-corrected chi connectivity index (χ3v) is 1.91. The van der Waals surface area contributed by atoms with Crippen molar-refractivity contribution in [3.8, 4) is 0 Å². The topological polar surface area (TPSA) is 50.4 Å². The van der Waals surface area contributed by atoms with Crippen molar-refractivity contribution < 1.29 is 14.3 Å². The molecule has 0 saturated carbocycles. The zero-order valence-electron chi connectivity index (χ0n) is 7.31. The maximum Gasteiger partial charge on any atom is 0.328 e. The number of aliphatic carboxylic acids is 1. The normalized spacial score (nSPS) is 11.1. The van der Waals surface area contributed by atoms with E-state index in [0.717, 1.165) is 17.0 Å². The maximum atomic E-state index is 10.3. The van der Waals surface area contributed by atoms with Crippen molar-refractivity contribution in [3.05, 3.63) is 42.2 Å². The van der Waals surface area contributed by atoms with E-state index in [9.17, 15) is 4.79 Å². The summed E-state index contributed by atoms with van der Waals surface area (Å²) < 4.78 is 5.24. The van der Waals surface area contributed by atoms with Gasteiger partial charge in [-0.25, -0.2) is 4.79 Å². The van der Waals surface area contributed by atoms with Gasteiger partial charge in [0.15, 0.2) is 0 Å². The standard InChI is InChI=1S/C11H8O3/c12-10(13)5-4-8-2-1-3-9-6-7-14-11(8)9/h1-7H,(H,12,13). The molecule has 0 spiro atoms. The molecule has 1 heterocycles. The molecule has 3 nitrogen and oxygen atoms in total. The van der Waals surface area contributed by atoms with Crippen LogP contribution in [0.25, 0.3) is 17.0 Å². The molecule has 0 amide bonds. The second-order valence-corrected chi connectivity index (χ2v) is 2.86. The van der Waals surface area contributed by atoms with Gasteiger partial charge in [-0.05, 0) is 12.1 Å². The van der Waals surface area contributed by atoms with Crippen LogP contribution >= 0.6 is 0 Å². The first kappa shape index (κ1) is 8.56. The number of rotatable bonds is 2. The van der Waals surface area contributed by atoms with Gasteiger partial charge in [0.2, 0.25) is 0 Å². The highest BCUT2D eigenvalue weighted by molar-refractivity contribution is 5.91. The first-order valence-corrected chi connectivity index (χ1v) is 4.14. The van der Waals surface area contributed by atoms with Crippen LogP contribution in [0.1, 0.15) is 5.56 Å². The summed E-state index contributed by atoms with van der Waals surface area (Å²) in [5, 5.41) is 9.45. The van der Waals surface area contributed by atoms with E-state index in [-0.39, 0.29) is 0 Å². The molecule has 1 N–H and O–H groups in total. The largest absolute Gasteiger partial charge is 0.478 e. The Morgan fingerprint density at radius 1 is 1.36 bits per heavy atom. The summed E-state index contributed by atoms with van der Waals surface area (Å²) in [4.78, 5) is 10.3. The number of hydrogen-bond acceptors (Lipinski definition) is 2. The number of carbonyl (C=O) groups is 1. The minimum Gasteiger partial charge on any atom is -0.478 e. The van der Waals surface area contributed by atoms with Crippen LogP contribution in [0.5, 0.6) is 0 Å². The summed E-state index contributed by atoms with van der Waals surface area (Å²) in [6, 6.07) is 7.43. The Morgan fingerprint density at radius 3 is 3.00 bits per heavy atom. The Hall–Kier alpha value is -2.03. The van der Waals surface area contributed by atoms with Gasteiger partial charge in [0.1, 0.15) is 5.58 Å². The summed E-state index contributed by atoms with van der Waals surface area (Å²) in [6.45, 7) is 0. The Bertz CT molecular complexity index is 494. The van der Waals surface area contributed by atoms with E-state index in [1.807, 2.05) is 24.3 Å². The van der Waals surface area contributed by atoms with Crippen LogP contribution in [0.15, 0.2) is 41.0 Å². The predicted molar refractivity (Wildman–Crippen MR) is 52.9 cm³/mol. The van der Waals surface area contributed by atoms with Crippen LogP contribution < -0.4 is 0 Å². The van der Waals surface area contributed by atoms with Gasteiger partial charge in [-0.2, -0.15) is 0 Å². The highest BCUT2D eigenvalue weighted by Gasteiger charge is 2.00. The molecule has 2 rings (SSSR count). The number of carboxylic acids is 1. The number of benzene rings is 1. The number of para-hydroxylation sites is 1. The lowest BCUT2D eigenvalue weighted by Crippen LogP contribution is -1.85. The van der Waals surface area contributed by atoms with Crippen LogP contribution in [0.4, 0.5) is 0 Å². The van der Waals surface area contributed by atoms with Crippen molar-refractivity contribution in [1.29, 1.82) is 0 Å². The van der Waals surface area contributed by atoms with E-state index >= 15 is 0 Å². The van der Waals surface area contributed by atoms with E-state index in [1.165, 1.54) is 6.08 Å². The summed E-state index contributed by atoms with van der Waals surface area (Å²) >= 11 is 0. The van der Waals surface area contributed by atoms with Gasteiger partial charge < -0.3 is 9.52 Å². The van der Waals surface area contributed by atoms with Gasteiger partial charge in [0.05, 0.1) is 6.26 Å². The van der Waals surface area contributed by atoms with Gasteiger partial charge in [0.25, 0.3) is 0 Å². The molecule has 14 heavy (non-hydrogen) atoms. The molecule has 0 radical (unpaired) electrons. The van der Waals surface area contributed by atoms with Crippen molar-refractivity contribution >= 4 is 23.0 Å². The monoisotopic (exact) mass is 188 g/mol. The van der Waals surface area contributed by atoms with Gasteiger partial charge in [-0.15, -0.1) is 0 Å². The molecule has 0 saturated heterocycles. The molecular formula is C11H8O3. The number of hydrogen-bond donors (Lipinski definition) is 1. The molecule has 1 aromatic carbocycles. The van der Waals surface area contributed by atoms with Gasteiger partial charge in [-0.3, -0.25) is 0 Å². The predicted octanol–water partition coefficient (Wildman–Crippen LogP) is 2.53. The second-order valence-electron chi connectivity index (χ2n) is 2.86. The SMILES string of the molecule is O=C(O)C=Cc1cccc2ccoc12. The summed E-state index contributed by atoms with van der Waals surface area (Å²) in [5.74, 6) is -0.964. The van der Waals surface area contributed by atoms with E-state index in [4.69, 9.17) is 9.52 Å². The van der Waals surface area contributed by atoms with Crippen molar-refractivity contribution in [1.82, 2.24) is 0 Å². The van der Waals surface area contributed by atoms with Crippen LogP contribution in [0.3, 0.4) is 0 Å².